The van der Waals surface area contributed by atoms with E-state index in [0.29, 0.717) is 6.54 Å². The zero-order valence-corrected chi connectivity index (χ0v) is 11.7. The summed E-state index contributed by atoms with van der Waals surface area (Å²) in [6, 6.07) is -0.446. The number of amides is 2. The number of nitrogens with zero attached hydrogens (tertiary/aromatic N) is 3. The van der Waals surface area contributed by atoms with Crippen molar-refractivity contribution in [3.63, 3.8) is 0 Å². The fourth-order valence-electron chi connectivity index (χ4n) is 2.76. The number of hydrogen-bond acceptors (Lipinski definition) is 5. The van der Waals surface area contributed by atoms with Crippen molar-refractivity contribution in [1.29, 1.82) is 0 Å². The third-order valence-corrected chi connectivity index (χ3v) is 3.77. The first-order valence-electron chi connectivity index (χ1n) is 7.00. The van der Waals surface area contributed by atoms with Gasteiger partial charge in [-0.25, -0.2) is 9.78 Å². The Balaban J connectivity index is 1.89. The van der Waals surface area contributed by atoms with Gasteiger partial charge in [0.15, 0.2) is 0 Å². The molecule has 1 saturated carbocycles. The number of aromatic nitrogens is 3. The predicted octanol–water partition coefficient (Wildman–Crippen LogP) is 1.42. The predicted molar refractivity (Wildman–Crippen MR) is 74.6 cm³/mol. The van der Waals surface area contributed by atoms with E-state index < -0.39 is 12.0 Å². The second-order valence-corrected chi connectivity index (χ2v) is 5.41. The highest BCUT2D eigenvalue weighted by atomic mass is 16.4. The molecule has 3 N–H and O–H groups in total. The molecule has 1 aliphatic rings. The number of hydrogen-bond donors (Lipinski definition) is 3. The molecule has 0 bridgehead atoms. The molecule has 0 radical (unpaired) electrons. The van der Waals surface area contributed by atoms with E-state index in [4.69, 9.17) is 5.11 Å². The minimum Gasteiger partial charge on any atom is -0.481 e. The molecule has 1 heterocycles. The highest BCUT2D eigenvalue weighted by molar-refractivity contribution is 5.87. The second-order valence-electron chi connectivity index (χ2n) is 5.41. The lowest BCUT2D eigenvalue weighted by molar-refractivity contribution is -0.140. The number of carbonyl (C=O) groups excluding carboxylic acids is 1. The van der Waals surface area contributed by atoms with Crippen LogP contribution in [0.1, 0.15) is 38.5 Å². The average molecular weight is 293 g/mol. The van der Waals surface area contributed by atoms with Crippen LogP contribution in [0.25, 0.3) is 0 Å². The standard InChI is InChI=1S/C13H19N5O3/c19-10(20)8-13(4-2-1-3-5-13)9-15-12(21)17-11-14-6-7-16-18-11/h6-7H,1-5,8-9H2,(H,19,20)(H2,14,15,17,18,21). The van der Waals surface area contributed by atoms with Crippen molar-refractivity contribution >= 4 is 17.9 Å². The zero-order valence-electron chi connectivity index (χ0n) is 11.7. The van der Waals surface area contributed by atoms with E-state index in [2.05, 4.69) is 25.8 Å². The van der Waals surface area contributed by atoms with Gasteiger partial charge in [-0.05, 0) is 18.3 Å². The van der Waals surface area contributed by atoms with E-state index in [1.165, 1.54) is 12.4 Å². The van der Waals surface area contributed by atoms with Gasteiger partial charge < -0.3 is 10.4 Å². The van der Waals surface area contributed by atoms with E-state index >= 15 is 0 Å². The minimum absolute atomic E-state index is 0.0800. The fraction of sp³-hybridized carbons (Fsp3) is 0.615. The molecule has 2 rings (SSSR count). The smallest absolute Gasteiger partial charge is 0.321 e. The van der Waals surface area contributed by atoms with Crippen LogP contribution < -0.4 is 10.6 Å². The van der Waals surface area contributed by atoms with E-state index in [1.807, 2.05) is 0 Å². The highest BCUT2D eigenvalue weighted by Crippen LogP contribution is 2.38. The summed E-state index contributed by atoms with van der Waals surface area (Å²) in [4.78, 5) is 26.7. The lowest BCUT2D eigenvalue weighted by Gasteiger charge is -2.36. The molecule has 0 atom stereocenters. The van der Waals surface area contributed by atoms with Gasteiger partial charge in [0, 0.05) is 6.54 Å². The lowest BCUT2D eigenvalue weighted by Crippen LogP contribution is -2.42. The molecule has 8 heteroatoms. The van der Waals surface area contributed by atoms with E-state index in [1.54, 1.807) is 0 Å². The summed E-state index contributed by atoms with van der Waals surface area (Å²) in [5.74, 6) is -0.708. The molecule has 1 fully saturated rings. The van der Waals surface area contributed by atoms with E-state index in [0.717, 1.165) is 32.1 Å². The maximum absolute atomic E-state index is 11.8. The van der Waals surface area contributed by atoms with Crippen LogP contribution in [0.15, 0.2) is 12.4 Å². The van der Waals surface area contributed by atoms with Crippen molar-refractivity contribution in [2.45, 2.75) is 38.5 Å². The van der Waals surface area contributed by atoms with E-state index in [9.17, 15) is 9.59 Å². The third-order valence-electron chi connectivity index (χ3n) is 3.77. The van der Waals surface area contributed by atoms with Crippen LogP contribution in [0.5, 0.6) is 0 Å². The molecule has 8 nitrogen and oxygen atoms in total. The van der Waals surface area contributed by atoms with E-state index in [-0.39, 0.29) is 17.8 Å². The maximum atomic E-state index is 11.8. The molecule has 1 aliphatic carbocycles. The zero-order chi connectivity index (χ0) is 15.1. The number of carboxylic acids is 1. The fourth-order valence-corrected chi connectivity index (χ4v) is 2.76. The second kappa shape index (κ2) is 6.96. The monoisotopic (exact) mass is 293 g/mol. The molecule has 0 spiro atoms. The molecular formula is C13H19N5O3. The minimum atomic E-state index is -0.824. The number of urea groups is 1. The number of rotatable bonds is 5. The Kier molecular flexibility index (Phi) is 5.02. The highest BCUT2D eigenvalue weighted by Gasteiger charge is 2.34. The summed E-state index contributed by atoms with van der Waals surface area (Å²) in [6.07, 6.45) is 7.69. The van der Waals surface area contributed by atoms with Crippen molar-refractivity contribution in [2.24, 2.45) is 5.41 Å². The Morgan fingerprint density at radius 2 is 2.00 bits per heavy atom. The maximum Gasteiger partial charge on any atom is 0.321 e. The SMILES string of the molecule is O=C(O)CC1(CNC(=O)Nc2nccnn2)CCCCC1. The first-order chi connectivity index (χ1) is 10.1. The number of carboxylic acid groups (broad SMARTS) is 1. The number of carbonyl (C=O) groups is 2. The van der Waals surface area contributed by atoms with Crippen LogP contribution in [0.3, 0.4) is 0 Å². The summed E-state index contributed by atoms with van der Waals surface area (Å²) < 4.78 is 0. The van der Waals surface area contributed by atoms with Crippen molar-refractivity contribution in [3.8, 4) is 0 Å². The topological polar surface area (TPSA) is 117 Å². The molecule has 0 unspecified atom stereocenters. The van der Waals surface area contributed by atoms with Gasteiger partial charge in [-0.1, -0.05) is 19.3 Å². The van der Waals surface area contributed by atoms with Gasteiger partial charge in [-0.2, -0.15) is 5.10 Å². The Morgan fingerprint density at radius 1 is 1.24 bits per heavy atom. The Hall–Kier alpha value is -2.25. The van der Waals surface area contributed by atoms with Gasteiger partial charge in [0.25, 0.3) is 5.95 Å². The van der Waals surface area contributed by atoms with Crippen LogP contribution in [-0.2, 0) is 4.79 Å². The van der Waals surface area contributed by atoms with Crippen LogP contribution in [0.4, 0.5) is 10.7 Å². The van der Waals surface area contributed by atoms with Crippen molar-refractivity contribution < 1.29 is 14.7 Å². The van der Waals surface area contributed by atoms with Crippen LogP contribution in [0.2, 0.25) is 0 Å². The van der Waals surface area contributed by atoms with Gasteiger partial charge in [0.2, 0.25) is 0 Å². The Labute approximate surface area is 122 Å². The third kappa shape index (κ3) is 4.66. The van der Waals surface area contributed by atoms with Gasteiger partial charge in [0.1, 0.15) is 0 Å². The summed E-state index contributed by atoms with van der Waals surface area (Å²) >= 11 is 0. The summed E-state index contributed by atoms with van der Waals surface area (Å²) in [6.45, 7) is 0.339. The number of nitrogens with one attached hydrogen (secondary N) is 2. The summed E-state index contributed by atoms with van der Waals surface area (Å²) in [5, 5.41) is 21.5. The van der Waals surface area contributed by atoms with Crippen molar-refractivity contribution in [2.75, 3.05) is 11.9 Å². The molecule has 1 aromatic heterocycles. The van der Waals surface area contributed by atoms with Gasteiger partial charge >= 0.3 is 12.0 Å². The molecule has 21 heavy (non-hydrogen) atoms. The number of anilines is 1. The Bertz CT molecular complexity index is 488. The lowest BCUT2D eigenvalue weighted by atomic mass is 9.72. The molecule has 2 amide bonds. The van der Waals surface area contributed by atoms with Crippen molar-refractivity contribution in [1.82, 2.24) is 20.5 Å². The first-order valence-corrected chi connectivity index (χ1v) is 7.00. The Morgan fingerprint density at radius 3 is 2.62 bits per heavy atom. The molecule has 0 saturated heterocycles. The van der Waals surface area contributed by atoms with Gasteiger partial charge in [-0.15, -0.1) is 5.10 Å². The largest absolute Gasteiger partial charge is 0.481 e. The van der Waals surface area contributed by atoms with Gasteiger partial charge in [0.05, 0.1) is 18.8 Å². The molecule has 114 valence electrons. The number of aliphatic carboxylic acids is 1. The van der Waals surface area contributed by atoms with Crippen LogP contribution >= 0.6 is 0 Å². The van der Waals surface area contributed by atoms with Gasteiger partial charge in [-0.3, -0.25) is 10.1 Å². The van der Waals surface area contributed by atoms with Crippen LogP contribution in [-0.4, -0.2) is 38.8 Å². The molecule has 0 aliphatic heterocycles. The normalized spacial score (nSPS) is 17.0. The molecule has 0 aromatic carbocycles. The van der Waals surface area contributed by atoms with Crippen molar-refractivity contribution in [3.05, 3.63) is 12.4 Å². The van der Waals surface area contributed by atoms with Crippen LogP contribution in [0, 0.1) is 5.41 Å². The quantitative estimate of drug-likeness (QED) is 0.755. The summed E-state index contributed by atoms with van der Waals surface area (Å²) in [7, 11) is 0. The molecular weight excluding hydrogens is 274 g/mol. The summed E-state index contributed by atoms with van der Waals surface area (Å²) in [5.41, 5.74) is -0.350. The average Bonchev–Trinajstić information content (AvgIpc) is 2.47. The molecule has 1 aromatic rings. The first kappa shape index (κ1) is 15.1.